The van der Waals surface area contributed by atoms with E-state index in [0.717, 1.165) is 16.3 Å². The van der Waals surface area contributed by atoms with E-state index in [0.29, 0.717) is 17.9 Å². The molecule has 0 aliphatic rings. The summed E-state index contributed by atoms with van der Waals surface area (Å²) in [6, 6.07) is 30.8. The summed E-state index contributed by atoms with van der Waals surface area (Å²) in [7, 11) is -4.09. The van der Waals surface area contributed by atoms with Crippen LogP contribution < -0.4 is 19.8 Å². The van der Waals surface area contributed by atoms with Crippen molar-refractivity contribution >= 4 is 45.3 Å². The van der Waals surface area contributed by atoms with Crippen LogP contribution in [0, 0.1) is 0 Å². The predicted octanol–water partition coefficient (Wildman–Crippen LogP) is 4.42. The molecule has 0 unspecified atom stereocenters. The second kappa shape index (κ2) is 14.8. The Bertz CT molecular complexity index is 1620. The number of benzene rings is 4. The predicted molar refractivity (Wildman–Crippen MR) is 163 cm³/mol. The van der Waals surface area contributed by atoms with Crippen LogP contribution >= 0.6 is 11.6 Å². The fraction of sp³-hybridized carbons (Fsp3) is 0.129. The maximum atomic E-state index is 13.4. The molecular weight excluding hydrogens is 576 g/mol. The Kier molecular flexibility index (Phi) is 10.7. The standard InChI is InChI=1S/C31H29ClN4O5S/c32-28-13-7-8-14-29(28)36(42(39,40)27-11-5-2-6-12-27)22-30(37)35-34-21-25-15-17-26(18-16-25)41-23-31(38)33-20-19-24-9-3-1-4-10-24/h1-18,21H,19-20,22-23H2,(H,33,38)(H,35,37)/b34-21-. The number of carbonyl (C=O) groups is 2. The van der Waals surface area contributed by atoms with Crippen LogP contribution in [-0.4, -0.2) is 46.1 Å². The summed E-state index contributed by atoms with van der Waals surface area (Å²) in [5, 5.41) is 6.95. The van der Waals surface area contributed by atoms with E-state index < -0.39 is 22.5 Å². The SMILES string of the molecule is O=C(COc1ccc(/C=N\NC(=O)CN(c2ccccc2Cl)S(=O)(=O)c2ccccc2)cc1)NCCc1ccccc1. The minimum absolute atomic E-state index is 0.0215. The third kappa shape index (κ3) is 8.66. The number of nitrogens with zero attached hydrogens (tertiary/aromatic N) is 2. The van der Waals surface area contributed by atoms with E-state index in [-0.39, 0.29) is 28.1 Å². The van der Waals surface area contributed by atoms with Crippen molar-refractivity contribution in [2.75, 3.05) is 24.0 Å². The van der Waals surface area contributed by atoms with Crippen molar-refractivity contribution in [3.05, 3.63) is 125 Å². The van der Waals surface area contributed by atoms with Gasteiger partial charge in [0.15, 0.2) is 6.61 Å². The number of amides is 2. The quantitative estimate of drug-likeness (QED) is 0.173. The molecule has 0 aliphatic carbocycles. The van der Waals surface area contributed by atoms with Crippen molar-refractivity contribution in [1.82, 2.24) is 10.7 Å². The number of rotatable bonds is 13. The van der Waals surface area contributed by atoms with Crippen LogP contribution in [0.1, 0.15) is 11.1 Å². The number of sulfonamides is 1. The van der Waals surface area contributed by atoms with E-state index in [2.05, 4.69) is 15.8 Å². The molecule has 216 valence electrons. The summed E-state index contributed by atoms with van der Waals surface area (Å²) < 4.78 is 33.2. The number of para-hydroxylation sites is 1. The second-order valence-electron chi connectivity index (χ2n) is 9.01. The van der Waals surface area contributed by atoms with E-state index in [1.165, 1.54) is 24.4 Å². The first-order valence-electron chi connectivity index (χ1n) is 13.0. The zero-order valence-corrected chi connectivity index (χ0v) is 24.1. The fourth-order valence-electron chi connectivity index (χ4n) is 3.86. The van der Waals surface area contributed by atoms with Gasteiger partial charge in [-0.2, -0.15) is 5.10 Å². The zero-order chi connectivity index (χ0) is 29.8. The molecule has 2 N–H and O–H groups in total. The van der Waals surface area contributed by atoms with Gasteiger partial charge in [-0.25, -0.2) is 13.8 Å². The van der Waals surface area contributed by atoms with E-state index in [4.69, 9.17) is 16.3 Å². The largest absolute Gasteiger partial charge is 0.484 e. The highest BCUT2D eigenvalue weighted by atomic mass is 35.5. The van der Waals surface area contributed by atoms with Crippen molar-refractivity contribution in [3.8, 4) is 5.75 Å². The van der Waals surface area contributed by atoms with Crippen molar-refractivity contribution in [2.45, 2.75) is 11.3 Å². The van der Waals surface area contributed by atoms with E-state index >= 15 is 0 Å². The Hall–Kier alpha value is -4.67. The average molecular weight is 605 g/mol. The van der Waals surface area contributed by atoms with E-state index in [1.54, 1.807) is 60.7 Å². The molecule has 0 saturated heterocycles. The van der Waals surface area contributed by atoms with Gasteiger partial charge in [0.05, 0.1) is 21.8 Å². The van der Waals surface area contributed by atoms with Gasteiger partial charge in [0.2, 0.25) is 0 Å². The summed E-state index contributed by atoms with van der Waals surface area (Å²) in [4.78, 5) is 24.8. The molecule has 0 saturated carbocycles. The number of hydrogen-bond acceptors (Lipinski definition) is 6. The third-order valence-corrected chi connectivity index (χ3v) is 8.06. The summed E-state index contributed by atoms with van der Waals surface area (Å²) in [5.41, 5.74) is 4.32. The third-order valence-electron chi connectivity index (χ3n) is 5.97. The lowest BCUT2D eigenvalue weighted by Crippen LogP contribution is -2.39. The van der Waals surface area contributed by atoms with Crippen molar-refractivity contribution in [2.24, 2.45) is 5.10 Å². The highest BCUT2D eigenvalue weighted by Crippen LogP contribution is 2.30. The number of hydrogen-bond donors (Lipinski definition) is 2. The lowest BCUT2D eigenvalue weighted by atomic mass is 10.1. The van der Waals surface area contributed by atoms with Crippen molar-refractivity contribution in [3.63, 3.8) is 0 Å². The van der Waals surface area contributed by atoms with Gasteiger partial charge in [-0.3, -0.25) is 13.9 Å². The number of hydrazone groups is 1. The molecule has 4 aromatic rings. The first kappa shape index (κ1) is 30.3. The van der Waals surface area contributed by atoms with Crippen LogP contribution in [0.4, 0.5) is 5.69 Å². The van der Waals surface area contributed by atoms with Gasteiger partial charge >= 0.3 is 0 Å². The maximum Gasteiger partial charge on any atom is 0.264 e. The fourth-order valence-corrected chi connectivity index (χ4v) is 5.61. The summed E-state index contributed by atoms with van der Waals surface area (Å²) in [6.07, 6.45) is 2.14. The molecule has 4 aromatic carbocycles. The second-order valence-corrected chi connectivity index (χ2v) is 11.3. The first-order chi connectivity index (χ1) is 20.3. The van der Waals surface area contributed by atoms with E-state index in [9.17, 15) is 18.0 Å². The zero-order valence-electron chi connectivity index (χ0n) is 22.5. The van der Waals surface area contributed by atoms with Gasteiger partial charge in [0.1, 0.15) is 12.3 Å². The lowest BCUT2D eigenvalue weighted by Gasteiger charge is -2.24. The molecule has 0 radical (unpaired) electrons. The average Bonchev–Trinajstić information content (AvgIpc) is 3.01. The normalized spacial score (nSPS) is 11.2. The molecule has 0 fully saturated rings. The molecule has 11 heteroatoms. The van der Waals surface area contributed by atoms with Crippen LogP contribution in [0.3, 0.4) is 0 Å². The summed E-state index contributed by atoms with van der Waals surface area (Å²) >= 11 is 6.28. The van der Waals surface area contributed by atoms with Gasteiger partial charge < -0.3 is 10.1 Å². The van der Waals surface area contributed by atoms with Crippen LogP contribution in [-0.2, 0) is 26.0 Å². The molecule has 4 rings (SSSR count). The van der Waals surface area contributed by atoms with Crippen LogP contribution in [0.5, 0.6) is 5.75 Å². The van der Waals surface area contributed by atoms with E-state index in [1.807, 2.05) is 30.3 Å². The molecule has 0 aromatic heterocycles. The van der Waals surface area contributed by atoms with Gasteiger partial charge in [-0.05, 0) is 66.1 Å². The number of halogens is 1. The van der Waals surface area contributed by atoms with Crippen LogP contribution in [0.2, 0.25) is 5.02 Å². The smallest absolute Gasteiger partial charge is 0.264 e. The van der Waals surface area contributed by atoms with Crippen LogP contribution in [0.15, 0.2) is 119 Å². The first-order valence-corrected chi connectivity index (χ1v) is 14.8. The monoisotopic (exact) mass is 604 g/mol. The molecule has 2 amide bonds. The van der Waals surface area contributed by atoms with Crippen LogP contribution in [0.25, 0.3) is 0 Å². The Labute approximate surface area is 249 Å². The highest BCUT2D eigenvalue weighted by molar-refractivity contribution is 7.92. The van der Waals surface area contributed by atoms with Gasteiger partial charge in [0.25, 0.3) is 21.8 Å². The highest BCUT2D eigenvalue weighted by Gasteiger charge is 2.28. The molecule has 0 bridgehead atoms. The Balaban J connectivity index is 1.29. The molecule has 0 aliphatic heterocycles. The maximum absolute atomic E-state index is 13.4. The minimum atomic E-state index is -4.09. The Morgan fingerprint density at radius 3 is 2.17 bits per heavy atom. The molecule has 9 nitrogen and oxygen atoms in total. The minimum Gasteiger partial charge on any atom is -0.484 e. The topological polar surface area (TPSA) is 117 Å². The summed E-state index contributed by atoms with van der Waals surface area (Å²) in [5.74, 6) is -0.390. The molecule has 0 heterocycles. The molecule has 42 heavy (non-hydrogen) atoms. The number of nitrogens with one attached hydrogen (secondary N) is 2. The number of carbonyl (C=O) groups excluding carboxylic acids is 2. The van der Waals surface area contributed by atoms with Crippen molar-refractivity contribution in [1.29, 1.82) is 0 Å². The molecule has 0 atom stereocenters. The molecular formula is C31H29ClN4O5S. The van der Waals surface area contributed by atoms with Gasteiger partial charge in [-0.15, -0.1) is 0 Å². The van der Waals surface area contributed by atoms with Crippen molar-refractivity contribution < 1.29 is 22.7 Å². The Morgan fingerprint density at radius 2 is 1.48 bits per heavy atom. The number of anilines is 1. The summed E-state index contributed by atoms with van der Waals surface area (Å²) in [6.45, 7) is -0.147. The number of ether oxygens (including phenoxy) is 1. The molecule has 0 spiro atoms. The Morgan fingerprint density at radius 1 is 0.833 bits per heavy atom. The van der Waals surface area contributed by atoms with Gasteiger partial charge in [-0.1, -0.05) is 72.3 Å². The van der Waals surface area contributed by atoms with Gasteiger partial charge in [0, 0.05) is 6.54 Å². The lowest BCUT2D eigenvalue weighted by molar-refractivity contribution is -0.123.